The molecule has 2 nitrogen and oxygen atoms in total. The van der Waals surface area contributed by atoms with Gasteiger partial charge in [0.05, 0.1) is 6.10 Å². The molecule has 1 aromatic rings. The average molecular weight is 249 g/mol. The monoisotopic (exact) mass is 249 g/mol. The molecule has 102 valence electrons. The Balaban J connectivity index is 2.72. The van der Waals surface area contributed by atoms with E-state index < -0.39 is 0 Å². The van der Waals surface area contributed by atoms with Crippen LogP contribution in [0.3, 0.4) is 0 Å². The van der Waals surface area contributed by atoms with E-state index in [1.807, 2.05) is 26.8 Å². The van der Waals surface area contributed by atoms with Gasteiger partial charge < -0.3 is 10.4 Å². The van der Waals surface area contributed by atoms with Gasteiger partial charge in [0.25, 0.3) is 0 Å². The van der Waals surface area contributed by atoms with Crippen LogP contribution in [0.15, 0.2) is 30.3 Å². The molecule has 2 unspecified atom stereocenters. The van der Waals surface area contributed by atoms with Crippen molar-refractivity contribution >= 4 is 0 Å². The smallest absolute Gasteiger partial charge is 0.0688 e. The van der Waals surface area contributed by atoms with Gasteiger partial charge in [-0.05, 0) is 38.2 Å². The van der Waals surface area contributed by atoms with Gasteiger partial charge in [0.1, 0.15) is 0 Å². The van der Waals surface area contributed by atoms with E-state index in [0.717, 1.165) is 6.54 Å². The molecule has 0 spiro atoms. The maximum absolute atomic E-state index is 9.74. The molecule has 0 bridgehead atoms. The second-order valence-electron chi connectivity index (χ2n) is 6.04. The van der Waals surface area contributed by atoms with E-state index in [2.05, 4.69) is 43.4 Å². The molecular formula is C16H27NO. The van der Waals surface area contributed by atoms with Crippen molar-refractivity contribution in [2.45, 2.75) is 52.2 Å². The first kappa shape index (κ1) is 15.2. The lowest BCUT2D eigenvalue weighted by molar-refractivity contribution is 0.0945. The van der Waals surface area contributed by atoms with Crippen LogP contribution in [-0.4, -0.2) is 23.3 Å². The summed E-state index contributed by atoms with van der Waals surface area (Å²) in [4.78, 5) is 0. The van der Waals surface area contributed by atoms with Gasteiger partial charge in [-0.15, -0.1) is 0 Å². The zero-order chi connectivity index (χ0) is 13.8. The lowest BCUT2D eigenvalue weighted by Gasteiger charge is -2.33. The lowest BCUT2D eigenvalue weighted by atomic mass is 9.87. The summed E-state index contributed by atoms with van der Waals surface area (Å²) in [7, 11) is 0. The van der Waals surface area contributed by atoms with Crippen LogP contribution in [0, 0.1) is 5.92 Å². The number of hydrogen-bond donors (Lipinski definition) is 2. The Morgan fingerprint density at radius 3 is 2.11 bits per heavy atom. The third-order valence-corrected chi connectivity index (χ3v) is 3.85. The molecule has 0 saturated carbocycles. The second-order valence-corrected chi connectivity index (χ2v) is 6.04. The second kappa shape index (κ2) is 6.35. The summed E-state index contributed by atoms with van der Waals surface area (Å²) in [5.41, 5.74) is 1.11. The van der Waals surface area contributed by atoms with E-state index in [4.69, 9.17) is 0 Å². The zero-order valence-corrected chi connectivity index (χ0v) is 12.3. The fraction of sp³-hybridized carbons (Fsp3) is 0.625. The summed E-state index contributed by atoms with van der Waals surface area (Å²) in [5, 5.41) is 13.2. The van der Waals surface area contributed by atoms with Crippen molar-refractivity contribution in [3.63, 3.8) is 0 Å². The molecule has 0 aliphatic carbocycles. The minimum absolute atomic E-state index is 0.248. The Morgan fingerprint density at radius 2 is 1.67 bits per heavy atom. The van der Waals surface area contributed by atoms with Crippen LogP contribution in [0.1, 0.15) is 46.1 Å². The van der Waals surface area contributed by atoms with Gasteiger partial charge in [0, 0.05) is 12.1 Å². The molecular weight excluding hydrogens is 222 g/mol. The Kier molecular flexibility index (Phi) is 5.36. The topological polar surface area (TPSA) is 32.3 Å². The molecule has 0 heterocycles. The molecule has 1 rings (SSSR count). The molecule has 0 saturated heterocycles. The van der Waals surface area contributed by atoms with Crippen molar-refractivity contribution in [3.05, 3.63) is 35.9 Å². The maximum Gasteiger partial charge on any atom is 0.0688 e. The highest BCUT2D eigenvalue weighted by molar-refractivity contribution is 5.20. The largest absolute Gasteiger partial charge is 0.392 e. The number of rotatable bonds is 6. The van der Waals surface area contributed by atoms with Crippen LogP contribution in [0.2, 0.25) is 0 Å². The number of nitrogens with one attached hydrogen (secondary N) is 1. The minimum Gasteiger partial charge on any atom is -0.392 e. The molecule has 2 N–H and O–H groups in total. The zero-order valence-electron chi connectivity index (χ0n) is 12.3. The summed E-state index contributed by atoms with van der Waals surface area (Å²) in [5.74, 6) is 1.05. The molecule has 18 heavy (non-hydrogen) atoms. The first-order valence-corrected chi connectivity index (χ1v) is 6.82. The first-order chi connectivity index (χ1) is 8.34. The van der Waals surface area contributed by atoms with Gasteiger partial charge in [0.2, 0.25) is 0 Å². The number of aliphatic hydroxyl groups is 1. The van der Waals surface area contributed by atoms with Crippen molar-refractivity contribution in [1.29, 1.82) is 0 Å². The van der Waals surface area contributed by atoms with Crippen LogP contribution >= 0.6 is 0 Å². The summed E-state index contributed by atoms with van der Waals surface area (Å²) in [6, 6.07) is 10.6. The first-order valence-electron chi connectivity index (χ1n) is 6.82. The SMILES string of the molecule is CC(C)C(CNC(C)(C)C(C)O)c1ccccc1. The highest BCUT2D eigenvalue weighted by atomic mass is 16.3. The molecule has 0 fully saturated rings. The van der Waals surface area contributed by atoms with E-state index >= 15 is 0 Å². The van der Waals surface area contributed by atoms with Crippen molar-refractivity contribution in [2.24, 2.45) is 5.92 Å². The highest BCUT2D eigenvalue weighted by Gasteiger charge is 2.25. The van der Waals surface area contributed by atoms with Gasteiger partial charge in [-0.3, -0.25) is 0 Å². The molecule has 0 amide bonds. The number of benzene rings is 1. The van der Waals surface area contributed by atoms with E-state index in [9.17, 15) is 5.11 Å². The fourth-order valence-electron chi connectivity index (χ4n) is 1.96. The van der Waals surface area contributed by atoms with Crippen molar-refractivity contribution < 1.29 is 5.11 Å². The quantitative estimate of drug-likeness (QED) is 0.811. The van der Waals surface area contributed by atoms with E-state index in [-0.39, 0.29) is 11.6 Å². The maximum atomic E-state index is 9.74. The predicted octanol–water partition coefficient (Wildman–Crippen LogP) is 3.18. The lowest BCUT2D eigenvalue weighted by Crippen LogP contribution is -2.49. The summed E-state index contributed by atoms with van der Waals surface area (Å²) in [6.45, 7) is 11.3. The van der Waals surface area contributed by atoms with Gasteiger partial charge in [-0.25, -0.2) is 0 Å². The summed E-state index contributed by atoms with van der Waals surface area (Å²) >= 11 is 0. The van der Waals surface area contributed by atoms with Crippen LogP contribution in [0.4, 0.5) is 0 Å². The Morgan fingerprint density at radius 1 is 1.11 bits per heavy atom. The van der Waals surface area contributed by atoms with Gasteiger partial charge in [-0.2, -0.15) is 0 Å². The number of aliphatic hydroxyl groups excluding tert-OH is 1. The molecule has 2 heteroatoms. The van der Waals surface area contributed by atoms with Crippen LogP contribution < -0.4 is 5.32 Å². The average Bonchev–Trinajstić information content (AvgIpc) is 2.29. The molecule has 0 aliphatic rings. The van der Waals surface area contributed by atoms with E-state index in [1.54, 1.807) is 0 Å². The molecule has 1 aromatic carbocycles. The van der Waals surface area contributed by atoms with Crippen molar-refractivity contribution in [2.75, 3.05) is 6.54 Å². The van der Waals surface area contributed by atoms with Crippen molar-refractivity contribution in [3.8, 4) is 0 Å². The van der Waals surface area contributed by atoms with Gasteiger partial charge in [-0.1, -0.05) is 44.2 Å². The predicted molar refractivity (Wildman–Crippen MR) is 77.8 cm³/mol. The Labute approximate surface area is 111 Å². The normalized spacial score (nSPS) is 15.7. The molecule has 0 aromatic heterocycles. The fourth-order valence-corrected chi connectivity index (χ4v) is 1.96. The van der Waals surface area contributed by atoms with Gasteiger partial charge in [0.15, 0.2) is 0 Å². The standard InChI is InChI=1S/C16H27NO/c1-12(2)15(14-9-7-6-8-10-14)11-17-16(4,5)13(3)18/h6-10,12-13,15,17-18H,11H2,1-5H3. The minimum atomic E-state index is -0.360. The van der Waals surface area contributed by atoms with Crippen LogP contribution in [0.25, 0.3) is 0 Å². The number of hydrogen-bond acceptors (Lipinski definition) is 2. The van der Waals surface area contributed by atoms with E-state index in [1.165, 1.54) is 5.56 Å². The third-order valence-electron chi connectivity index (χ3n) is 3.85. The van der Waals surface area contributed by atoms with E-state index in [0.29, 0.717) is 11.8 Å². The Bertz CT molecular complexity index is 343. The summed E-state index contributed by atoms with van der Waals surface area (Å²) in [6.07, 6.45) is -0.360. The summed E-state index contributed by atoms with van der Waals surface area (Å²) < 4.78 is 0. The molecule has 2 atom stereocenters. The van der Waals surface area contributed by atoms with Gasteiger partial charge >= 0.3 is 0 Å². The molecule has 0 radical (unpaired) electrons. The van der Waals surface area contributed by atoms with Crippen LogP contribution in [0.5, 0.6) is 0 Å². The third kappa shape index (κ3) is 4.11. The van der Waals surface area contributed by atoms with Crippen molar-refractivity contribution in [1.82, 2.24) is 5.32 Å². The highest BCUT2D eigenvalue weighted by Crippen LogP contribution is 2.24. The Hall–Kier alpha value is -0.860. The van der Waals surface area contributed by atoms with Crippen LogP contribution in [-0.2, 0) is 0 Å². The molecule has 0 aliphatic heterocycles.